The predicted octanol–water partition coefficient (Wildman–Crippen LogP) is 2.69. The molecule has 2 heterocycles. The molecule has 0 N–H and O–H groups in total. The number of hydrogen-bond donors (Lipinski definition) is 0. The van der Waals surface area contributed by atoms with Gasteiger partial charge in [0.25, 0.3) is 0 Å². The minimum atomic E-state index is -0.427. The quantitative estimate of drug-likeness (QED) is 0.584. The number of rotatable bonds is 7. The molecular weight excluding hydrogens is 364 g/mol. The molecular formula is C23H24N4O2. The largest absolute Gasteiger partial charge is 0.290 e. The highest BCUT2D eigenvalue weighted by Gasteiger charge is 2.40. The van der Waals surface area contributed by atoms with Crippen molar-refractivity contribution in [3.05, 3.63) is 89.7 Å². The second-order valence-electron chi connectivity index (χ2n) is 7.47. The van der Waals surface area contributed by atoms with E-state index in [-0.39, 0.29) is 18.2 Å². The van der Waals surface area contributed by atoms with E-state index in [0.29, 0.717) is 19.6 Å². The van der Waals surface area contributed by atoms with Crippen molar-refractivity contribution in [3.8, 4) is 0 Å². The Morgan fingerprint density at radius 3 is 2.21 bits per heavy atom. The summed E-state index contributed by atoms with van der Waals surface area (Å²) in [5.74, 6) is -0.242. The second kappa shape index (κ2) is 8.41. The van der Waals surface area contributed by atoms with E-state index in [2.05, 4.69) is 17.2 Å². The number of likely N-dealkylation sites (N-methyl/N-ethyl adjacent to an activating group) is 1. The van der Waals surface area contributed by atoms with Gasteiger partial charge in [-0.1, -0.05) is 60.7 Å². The van der Waals surface area contributed by atoms with Gasteiger partial charge in [-0.05, 0) is 18.2 Å². The van der Waals surface area contributed by atoms with Crippen LogP contribution in [0.3, 0.4) is 0 Å². The average molecular weight is 388 g/mol. The fourth-order valence-corrected chi connectivity index (χ4v) is 3.69. The molecule has 3 aromatic rings. The normalized spacial score (nSPS) is 16.8. The van der Waals surface area contributed by atoms with Gasteiger partial charge in [0.05, 0.1) is 31.7 Å². The van der Waals surface area contributed by atoms with Crippen molar-refractivity contribution in [1.82, 2.24) is 19.6 Å². The molecule has 1 atom stereocenters. The number of carbonyl (C=O) groups is 2. The summed E-state index contributed by atoms with van der Waals surface area (Å²) in [7, 11) is 1.89. The van der Waals surface area contributed by atoms with E-state index in [0.717, 1.165) is 11.1 Å². The van der Waals surface area contributed by atoms with Crippen LogP contribution in [0.25, 0.3) is 0 Å². The van der Waals surface area contributed by atoms with E-state index in [1.54, 1.807) is 0 Å². The molecule has 0 radical (unpaired) electrons. The first-order valence-corrected chi connectivity index (χ1v) is 9.74. The van der Waals surface area contributed by atoms with Gasteiger partial charge in [-0.25, -0.2) is 0 Å². The molecule has 1 aliphatic rings. The van der Waals surface area contributed by atoms with Gasteiger partial charge in [-0.3, -0.25) is 24.1 Å². The molecule has 29 heavy (non-hydrogen) atoms. The van der Waals surface area contributed by atoms with Crippen molar-refractivity contribution < 1.29 is 9.59 Å². The summed E-state index contributed by atoms with van der Waals surface area (Å²) in [5.41, 5.74) is 3.16. The zero-order valence-corrected chi connectivity index (χ0v) is 16.4. The van der Waals surface area contributed by atoms with Crippen molar-refractivity contribution in [2.45, 2.75) is 32.1 Å². The lowest BCUT2D eigenvalue weighted by atomic mass is 10.2. The predicted molar refractivity (Wildman–Crippen MR) is 110 cm³/mol. The summed E-state index contributed by atoms with van der Waals surface area (Å²) in [6.45, 7) is 1.60. The van der Waals surface area contributed by atoms with Gasteiger partial charge in [0.1, 0.15) is 0 Å². The molecule has 0 spiro atoms. The summed E-state index contributed by atoms with van der Waals surface area (Å²) in [6, 6.07) is 19.3. The third-order valence-corrected chi connectivity index (χ3v) is 5.24. The molecule has 6 nitrogen and oxygen atoms in total. The first-order valence-electron chi connectivity index (χ1n) is 9.74. The van der Waals surface area contributed by atoms with E-state index in [1.165, 1.54) is 10.5 Å². The molecule has 0 saturated carbocycles. The van der Waals surface area contributed by atoms with Crippen molar-refractivity contribution in [2.24, 2.45) is 0 Å². The zero-order chi connectivity index (χ0) is 20.2. The number of imide groups is 1. The van der Waals surface area contributed by atoms with E-state index >= 15 is 0 Å². The van der Waals surface area contributed by atoms with Crippen LogP contribution in [0.1, 0.15) is 23.1 Å². The molecule has 1 aliphatic heterocycles. The van der Waals surface area contributed by atoms with Gasteiger partial charge in [0, 0.05) is 18.3 Å². The lowest BCUT2D eigenvalue weighted by Crippen LogP contribution is -2.39. The zero-order valence-electron chi connectivity index (χ0n) is 16.4. The summed E-state index contributed by atoms with van der Waals surface area (Å²) >= 11 is 0. The van der Waals surface area contributed by atoms with Gasteiger partial charge < -0.3 is 0 Å². The van der Waals surface area contributed by atoms with E-state index in [1.807, 2.05) is 77.6 Å². The molecule has 4 rings (SSSR count). The highest BCUT2D eigenvalue weighted by atomic mass is 16.2. The van der Waals surface area contributed by atoms with Crippen LogP contribution >= 0.6 is 0 Å². The Hall–Kier alpha value is -3.25. The Balaban J connectivity index is 1.38. The number of benzene rings is 2. The molecule has 0 aliphatic carbocycles. The van der Waals surface area contributed by atoms with Gasteiger partial charge in [-0.2, -0.15) is 5.10 Å². The summed E-state index contributed by atoms with van der Waals surface area (Å²) < 4.78 is 1.89. The standard InChI is InChI=1S/C23H24N4O2/c1-25(14-20-13-24-26(16-20)15-18-8-4-2-5-9-18)21-12-22(28)27(23(21)29)17-19-10-6-3-7-11-19/h2-11,13,16,21H,12,14-15,17H2,1H3/t21-/m0/s1. The number of amides is 2. The lowest BCUT2D eigenvalue weighted by molar-refractivity contribution is -0.140. The Bertz CT molecular complexity index is 984. The minimum absolute atomic E-state index is 0.115. The monoisotopic (exact) mass is 388 g/mol. The Morgan fingerprint density at radius 2 is 1.55 bits per heavy atom. The van der Waals surface area contributed by atoms with Crippen LogP contribution in [0.4, 0.5) is 0 Å². The van der Waals surface area contributed by atoms with Gasteiger partial charge >= 0.3 is 0 Å². The molecule has 1 saturated heterocycles. The van der Waals surface area contributed by atoms with Crippen LogP contribution < -0.4 is 0 Å². The van der Waals surface area contributed by atoms with Crippen LogP contribution in [0.5, 0.6) is 0 Å². The highest BCUT2D eigenvalue weighted by molar-refractivity contribution is 6.05. The maximum absolute atomic E-state index is 12.8. The van der Waals surface area contributed by atoms with Crippen molar-refractivity contribution in [1.29, 1.82) is 0 Å². The Kier molecular flexibility index (Phi) is 5.53. The molecule has 148 valence electrons. The van der Waals surface area contributed by atoms with Crippen molar-refractivity contribution in [3.63, 3.8) is 0 Å². The first-order chi connectivity index (χ1) is 14.1. The van der Waals surface area contributed by atoms with Gasteiger partial charge in [0.2, 0.25) is 11.8 Å². The number of aromatic nitrogens is 2. The average Bonchev–Trinajstić information content (AvgIpc) is 3.28. The molecule has 0 bridgehead atoms. The molecule has 1 aromatic heterocycles. The van der Waals surface area contributed by atoms with Crippen LogP contribution in [0.15, 0.2) is 73.1 Å². The third-order valence-electron chi connectivity index (χ3n) is 5.24. The number of hydrogen-bond acceptors (Lipinski definition) is 4. The van der Waals surface area contributed by atoms with Crippen molar-refractivity contribution >= 4 is 11.8 Å². The molecule has 2 amide bonds. The topological polar surface area (TPSA) is 58.4 Å². The molecule has 6 heteroatoms. The fourth-order valence-electron chi connectivity index (χ4n) is 3.69. The Labute approximate surface area is 170 Å². The van der Waals surface area contributed by atoms with Gasteiger partial charge in [0.15, 0.2) is 0 Å². The SMILES string of the molecule is CN(Cc1cnn(Cc2ccccc2)c1)[C@H]1CC(=O)N(Cc2ccccc2)C1=O. The number of likely N-dealkylation sites (tertiary alicyclic amines) is 1. The van der Waals surface area contributed by atoms with Gasteiger partial charge in [-0.15, -0.1) is 0 Å². The lowest BCUT2D eigenvalue weighted by Gasteiger charge is -2.22. The van der Waals surface area contributed by atoms with Crippen LogP contribution in [-0.4, -0.2) is 44.5 Å². The summed E-state index contributed by atoms with van der Waals surface area (Å²) in [4.78, 5) is 28.6. The maximum atomic E-state index is 12.8. The third kappa shape index (κ3) is 4.43. The smallest absolute Gasteiger partial charge is 0.247 e. The molecule has 1 fully saturated rings. The Morgan fingerprint density at radius 1 is 0.931 bits per heavy atom. The summed E-state index contributed by atoms with van der Waals surface area (Å²) in [6.07, 6.45) is 4.04. The van der Waals surface area contributed by atoms with Crippen LogP contribution in [0, 0.1) is 0 Å². The summed E-state index contributed by atoms with van der Waals surface area (Å²) in [5, 5.41) is 4.42. The van der Waals surface area contributed by atoms with Crippen molar-refractivity contribution in [2.75, 3.05) is 7.05 Å². The van der Waals surface area contributed by atoms with Crippen LogP contribution in [-0.2, 0) is 29.2 Å². The highest BCUT2D eigenvalue weighted by Crippen LogP contribution is 2.21. The number of carbonyl (C=O) groups excluding carboxylic acids is 2. The fraction of sp³-hybridized carbons (Fsp3) is 0.261. The molecule has 0 unspecified atom stereocenters. The maximum Gasteiger partial charge on any atom is 0.247 e. The second-order valence-corrected chi connectivity index (χ2v) is 7.47. The van der Waals surface area contributed by atoms with E-state index in [9.17, 15) is 9.59 Å². The van der Waals surface area contributed by atoms with E-state index < -0.39 is 6.04 Å². The first kappa shape index (κ1) is 19.1. The van der Waals surface area contributed by atoms with E-state index in [4.69, 9.17) is 0 Å². The molecule has 2 aromatic carbocycles. The minimum Gasteiger partial charge on any atom is -0.290 e. The number of nitrogens with zero attached hydrogens (tertiary/aromatic N) is 4. The van der Waals surface area contributed by atoms with Crippen LogP contribution in [0.2, 0.25) is 0 Å².